The monoisotopic (exact) mass is 429 g/mol. The molecule has 2 heterocycles. The van der Waals surface area contributed by atoms with Gasteiger partial charge in [0.05, 0.1) is 5.69 Å². The highest BCUT2D eigenvalue weighted by Gasteiger charge is 2.30. The molecule has 1 saturated carbocycles. The van der Waals surface area contributed by atoms with Crippen molar-refractivity contribution in [2.45, 2.75) is 76.7 Å². The van der Waals surface area contributed by atoms with Crippen molar-refractivity contribution in [2.24, 2.45) is 15.7 Å². The Hall–Kier alpha value is -2.19. The maximum Gasteiger partial charge on any atom is 0.224 e. The summed E-state index contributed by atoms with van der Waals surface area (Å²) >= 11 is 0. The Labute approximate surface area is 185 Å². The lowest BCUT2D eigenvalue weighted by Gasteiger charge is -2.35. The summed E-state index contributed by atoms with van der Waals surface area (Å²) in [7, 11) is 0. The first-order valence-electron chi connectivity index (χ1n) is 11.9. The van der Waals surface area contributed by atoms with Crippen LogP contribution in [-0.4, -0.2) is 54.8 Å². The number of nitrogens with zero attached hydrogens (tertiary/aromatic N) is 4. The molecule has 1 aromatic rings. The van der Waals surface area contributed by atoms with Gasteiger partial charge in [0.15, 0.2) is 6.29 Å². The van der Waals surface area contributed by atoms with E-state index in [0.717, 1.165) is 38.9 Å². The number of para-hydroxylation sites is 1. The number of benzene rings is 1. The Morgan fingerprint density at radius 1 is 1.10 bits per heavy atom. The number of halogens is 1. The number of hydrogen-bond acceptors (Lipinski definition) is 7. The molecule has 0 bridgehead atoms. The third-order valence-electron chi connectivity index (χ3n) is 6.66. The highest BCUT2D eigenvalue weighted by molar-refractivity contribution is 6.06. The molecule has 2 atom stereocenters. The fourth-order valence-corrected chi connectivity index (χ4v) is 4.95. The fraction of sp³-hybridized carbons (Fsp3) is 0.652. The average Bonchev–Trinajstić information content (AvgIpc) is 3.07. The molecule has 0 spiro atoms. The number of hydrogen-bond donors (Lipinski definition) is 3. The molecule has 7 nitrogen and oxygen atoms in total. The van der Waals surface area contributed by atoms with Crippen molar-refractivity contribution in [1.82, 2.24) is 15.5 Å². The molecular formula is C23H36FN7. The van der Waals surface area contributed by atoms with Crippen LogP contribution in [0.2, 0.25) is 0 Å². The molecule has 2 aliphatic heterocycles. The zero-order chi connectivity index (χ0) is 21.6. The molecule has 0 radical (unpaired) electrons. The van der Waals surface area contributed by atoms with Crippen molar-refractivity contribution in [2.75, 3.05) is 24.5 Å². The third kappa shape index (κ3) is 5.36. The van der Waals surface area contributed by atoms with E-state index in [1.807, 2.05) is 6.07 Å². The lowest BCUT2D eigenvalue weighted by Crippen LogP contribution is -2.57. The van der Waals surface area contributed by atoms with Gasteiger partial charge in [0.2, 0.25) is 11.9 Å². The molecular weight excluding hydrogens is 393 g/mol. The highest BCUT2D eigenvalue weighted by Crippen LogP contribution is 2.23. The van der Waals surface area contributed by atoms with E-state index in [1.165, 1.54) is 38.2 Å². The number of likely N-dealkylation sites (N-methyl/N-ethyl adjacent to an activating group) is 1. The quantitative estimate of drug-likeness (QED) is 0.627. The van der Waals surface area contributed by atoms with Gasteiger partial charge in [0.25, 0.3) is 0 Å². The van der Waals surface area contributed by atoms with Gasteiger partial charge in [-0.1, -0.05) is 44.7 Å². The second kappa shape index (κ2) is 10.4. The maximum absolute atomic E-state index is 14.6. The van der Waals surface area contributed by atoms with Gasteiger partial charge >= 0.3 is 0 Å². The normalized spacial score (nSPS) is 25.7. The summed E-state index contributed by atoms with van der Waals surface area (Å²) in [5, 5.41) is 6.98. The predicted molar refractivity (Wildman–Crippen MR) is 125 cm³/mol. The van der Waals surface area contributed by atoms with Crippen LogP contribution in [-0.2, 0) is 0 Å². The molecule has 0 amide bonds. The van der Waals surface area contributed by atoms with Crippen LogP contribution in [0.15, 0.2) is 34.3 Å². The summed E-state index contributed by atoms with van der Waals surface area (Å²) in [4.78, 5) is 13.5. The maximum atomic E-state index is 14.6. The smallest absolute Gasteiger partial charge is 0.224 e. The van der Waals surface area contributed by atoms with E-state index in [0.29, 0.717) is 29.7 Å². The first-order valence-corrected chi connectivity index (χ1v) is 11.9. The lowest BCUT2D eigenvalue weighted by atomic mass is 10.1. The topological polar surface area (TPSA) is 81.3 Å². The Balaban J connectivity index is 1.54. The molecule has 4 N–H and O–H groups in total. The van der Waals surface area contributed by atoms with E-state index in [2.05, 4.69) is 27.4 Å². The molecule has 8 heteroatoms. The van der Waals surface area contributed by atoms with Gasteiger partial charge in [-0.15, -0.1) is 0 Å². The van der Waals surface area contributed by atoms with Crippen LogP contribution in [0.4, 0.5) is 10.1 Å². The van der Waals surface area contributed by atoms with E-state index in [-0.39, 0.29) is 5.82 Å². The number of anilines is 1. The molecule has 2 fully saturated rings. The van der Waals surface area contributed by atoms with E-state index in [1.54, 1.807) is 17.0 Å². The Morgan fingerprint density at radius 2 is 1.87 bits per heavy atom. The minimum atomic E-state index is -0.740. The molecule has 4 rings (SSSR count). The SMILES string of the molecule is CCN1CCCC1CNC1=NC(NC2CCCCCC2)=NC(N)N1c1ccccc1F. The predicted octanol–water partition coefficient (Wildman–Crippen LogP) is 2.99. The van der Waals surface area contributed by atoms with E-state index < -0.39 is 6.29 Å². The van der Waals surface area contributed by atoms with Gasteiger partial charge in [-0.2, -0.15) is 4.99 Å². The van der Waals surface area contributed by atoms with Crippen LogP contribution >= 0.6 is 0 Å². The minimum Gasteiger partial charge on any atom is -0.354 e. The Morgan fingerprint density at radius 3 is 2.61 bits per heavy atom. The largest absolute Gasteiger partial charge is 0.354 e. The van der Waals surface area contributed by atoms with Gasteiger partial charge < -0.3 is 10.6 Å². The summed E-state index contributed by atoms with van der Waals surface area (Å²) in [6.45, 7) is 5.10. The standard InChI is InChI=1S/C23H36FN7/c1-2-30-15-9-12-18(30)16-26-23-29-22(27-17-10-5-3-4-6-11-17)28-21(25)31(23)20-14-8-7-13-19(20)24/h7-8,13-14,17-18,21H,2-6,9-12,15-16,25H2,1H3,(H2,26,27,28,29). The zero-order valence-corrected chi connectivity index (χ0v) is 18.6. The van der Waals surface area contributed by atoms with Crippen LogP contribution < -0.4 is 21.3 Å². The van der Waals surface area contributed by atoms with E-state index in [4.69, 9.17) is 10.7 Å². The van der Waals surface area contributed by atoms with Crippen molar-refractivity contribution < 1.29 is 4.39 Å². The van der Waals surface area contributed by atoms with Crippen LogP contribution in [0, 0.1) is 5.82 Å². The van der Waals surface area contributed by atoms with Gasteiger partial charge in [0.1, 0.15) is 5.82 Å². The highest BCUT2D eigenvalue weighted by atomic mass is 19.1. The van der Waals surface area contributed by atoms with Crippen LogP contribution in [0.5, 0.6) is 0 Å². The van der Waals surface area contributed by atoms with E-state index in [9.17, 15) is 4.39 Å². The number of nitrogens with two attached hydrogens (primary N) is 1. The summed E-state index contributed by atoms with van der Waals surface area (Å²) in [6, 6.07) is 7.46. The van der Waals surface area contributed by atoms with Crippen LogP contribution in [0.25, 0.3) is 0 Å². The van der Waals surface area contributed by atoms with Crippen molar-refractivity contribution >= 4 is 17.6 Å². The minimum absolute atomic E-state index is 0.334. The number of aliphatic imine (C=N–C) groups is 2. The van der Waals surface area contributed by atoms with Crippen molar-refractivity contribution in [1.29, 1.82) is 0 Å². The number of rotatable bonds is 5. The average molecular weight is 430 g/mol. The summed E-state index contributed by atoms with van der Waals surface area (Å²) < 4.78 is 14.6. The molecule has 1 saturated heterocycles. The Bertz CT molecular complexity index is 788. The summed E-state index contributed by atoms with van der Waals surface area (Å²) in [5.41, 5.74) is 6.82. The van der Waals surface area contributed by atoms with Crippen molar-refractivity contribution in [3.63, 3.8) is 0 Å². The van der Waals surface area contributed by atoms with Gasteiger partial charge in [0, 0.05) is 18.6 Å². The second-order valence-corrected chi connectivity index (χ2v) is 8.76. The van der Waals surface area contributed by atoms with Gasteiger partial charge in [-0.05, 0) is 50.9 Å². The molecule has 2 unspecified atom stereocenters. The summed E-state index contributed by atoms with van der Waals surface area (Å²) in [5.74, 6) is 0.777. The first-order chi connectivity index (χ1) is 15.2. The molecule has 0 aromatic heterocycles. The third-order valence-corrected chi connectivity index (χ3v) is 6.66. The van der Waals surface area contributed by atoms with Crippen LogP contribution in [0.1, 0.15) is 58.3 Å². The number of guanidine groups is 2. The van der Waals surface area contributed by atoms with Gasteiger partial charge in [-0.25, -0.2) is 9.38 Å². The van der Waals surface area contributed by atoms with Crippen LogP contribution in [0.3, 0.4) is 0 Å². The van der Waals surface area contributed by atoms with Crippen molar-refractivity contribution in [3.8, 4) is 0 Å². The first kappa shape index (κ1) is 22.0. The van der Waals surface area contributed by atoms with Gasteiger partial charge in [-0.3, -0.25) is 15.5 Å². The fourth-order valence-electron chi connectivity index (χ4n) is 4.95. The Kier molecular flexibility index (Phi) is 7.40. The van der Waals surface area contributed by atoms with E-state index >= 15 is 0 Å². The number of likely N-dealkylation sites (tertiary alicyclic amines) is 1. The summed E-state index contributed by atoms with van der Waals surface area (Å²) in [6.07, 6.45) is 8.89. The molecule has 170 valence electrons. The molecule has 3 aliphatic rings. The second-order valence-electron chi connectivity index (χ2n) is 8.76. The molecule has 1 aliphatic carbocycles. The lowest BCUT2D eigenvalue weighted by molar-refractivity contribution is 0.267. The van der Waals surface area contributed by atoms with Crippen molar-refractivity contribution in [3.05, 3.63) is 30.1 Å². The molecule has 31 heavy (non-hydrogen) atoms. The number of nitrogens with one attached hydrogen (secondary N) is 2. The molecule has 1 aromatic carbocycles. The zero-order valence-electron chi connectivity index (χ0n) is 18.6.